The van der Waals surface area contributed by atoms with Crippen molar-refractivity contribution in [3.63, 3.8) is 0 Å². The fourth-order valence-electron chi connectivity index (χ4n) is 8.51. The molecule has 2 unspecified atom stereocenters. The van der Waals surface area contributed by atoms with Crippen LogP contribution in [0.4, 0.5) is 5.13 Å². The Balaban J connectivity index is 1.08. The van der Waals surface area contributed by atoms with Gasteiger partial charge in [0.2, 0.25) is 11.0 Å². The van der Waals surface area contributed by atoms with Crippen molar-refractivity contribution < 1.29 is 38.4 Å². The Bertz CT molecular complexity index is 2660. The highest BCUT2D eigenvalue weighted by Gasteiger charge is 2.61. The van der Waals surface area contributed by atoms with Crippen LogP contribution >= 0.6 is 33.9 Å². The average Bonchev–Trinajstić information content (AvgIpc) is 3.81. The van der Waals surface area contributed by atoms with Crippen molar-refractivity contribution >= 4 is 79.7 Å². The molecule has 3 atom stereocenters. The molecule has 3 N–H and O–H groups in total. The molecule has 1 aromatic heterocycles. The van der Waals surface area contributed by atoms with Gasteiger partial charge >= 0.3 is 11.9 Å². The number of anilines is 1. The smallest absolute Gasteiger partial charge is 0.354 e. The minimum atomic E-state index is -1.73. The lowest BCUT2D eigenvalue weighted by Crippen LogP contribution is -2.75. The standard InChI is InChI=1S/C50H42IN5O8S2/c51-29-34-31-66(62)45-40(44(58)56(45)41(34)46(59)60)53-43(57)39(55-64-49(27-16-28-49)47(61)63-42(32-17-6-1-7-18-32)33-19-8-2-9-20-33)38-30-65-48(52-38)54-50(35-21-10-3-11-22-35,36-23-12-4-13-24-36)37-25-14-5-15-26-37/h1-15,17-26,30,40,42,45H,16,27-29,31H2,(H,52,54)(H,53,57)(H,59,60)/b55-39-/t40?,45-,66?/m0/s1. The number of β-lactam (4-membered cyclic amide) rings is 1. The van der Waals surface area contributed by atoms with Crippen LogP contribution < -0.4 is 10.6 Å². The summed E-state index contributed by atoms with van der Waals surface area (Å²) in [4.78, 5) is 67.0. The molecule has 13 nitrogen and oxygen atoms in total. The molecular weight excluding hydrogens is 990 g/mol. The predicted octanol–water partition coefficient (Wildman–Crippen LogP) is 7.71. The maximum Gasteiger partial charge on any atom is 0.354 e. The largest absolute Gasteiger partial charge is 0.614 e. The van der Waals surface area contributed by atoms with E-state index in [1.807, 2.05) is 174 Å². The maximum atomic E-state index is 14.6. The Morgan fingerprint density at radius 1 is 0.864 bits per heavy atom. The third-order valence-electron chi connectivity index (χ3n) is 12.0. The molecular formula is C50H42IN5O8S2. The van der Waals surface area contributed by atoms with E-state index in [-0.39, 0.29) is 40.1 Å². The first-order valence-electron chi connectivity index (χ1n) is 21.1. The van der Waals surface area contributed by atoms with E-state index in [4.69, 9.17) is 14.6 Å². The van der Waals surface area contributed by atoms with E-state index < -0.39 is 63.6 Å². The van der Waals surface area contributed by atoms with E-state index in [9.17, 15) is 28.8 Å². The van der Waals surface area contributed by atoms with Crippen LogP contribution in [-0.4, -0.2) is 76.2 Å². The van der Waals surface area contributed by atoms with Crippen LogP contribution in [0.25, 0.3) is 0 Å². The van der Waals surface area contributed by atoms with Gasteiger partial charge in [-0.2, -0.15) is 0 Å². The lowest BCUT2D eigenvalue weighted by atomic mass is 9.77. The minimum Gasteiger partial charge on any atom is -0.614 e. The number of carbonyl (C=O) groups is 4. The molecule has 5 aromatic carbocycles. The van der Waals surface area contributed by atoms with E-state index in [1.165, 1.54) is 11.3 Å². The number of esters is 1. The summed E-state index contributed by atoms with van der Waals surface area (Å²) in [6, 6.07) is 47.1. The van der Waals surface area contributed by atoms with Gasteiger partial charge in [-0.3, -0.25) is 14.5 Å². The van der Waals surface area contributed by atoms with Gasteiger partial charge in [0, 0.05) is 28.2 Å². The highest BCUT2D eigenvalue weighted by molar-refractivity contribution is 14.1. The first-order chi connectivity index (χ1) is 32.1. The number of carbonyl (C=O) groups excluding carboxylic acids is 3. The van der Waals surface area contributed by atoms with Crippen LogP contribution in [0.3, 0.4) is 0 Å². The Hall–Kier alpha value is -6.34. The summed E-state index contributed by atoms with van der Waals surface area (Å²) < 4.78 is 20.0. The number of alkyl halides is 1. The van der Waals surface area contributed by atoms with E-state index in [0.717, 1.165) is 32.7 Å². The van der Waals surface area contributed by atoms with Gasteiger partial charge in [-0.1, -0.05) is 179 Å². The van der Waals surface area contributed by atoms with Gasteiger partial charge in [0.15, 0.2) is 23.0 Å². The van der Waals surface area contributed by atoms with Crippen molar-refractivity contribution in [2.24, 2.45) is 5.16 Å². The molecule has 0 radical (unpaired) electrons. The predicted molar refractivity (Wildman–Crippen MR) is 259 cm³/mol. The number of rotatable bonds is 16. The molecule has 334 valence electrons. The Morgan fingerprint density at radius 2 is 1.38 bits per heavy atom. The number of aliphatic carboxylic acids is 1. The number of halogens is 1. The fraction of sp³-hybridized carbons (Fsp3) is 0.200. The SMILES string of the molecule is O=C(O)C1=C(CI)C[S+]([O-])[C@H]2C(NC(=O)/C(=N\OC3(C(=O)OC(c4ccccc4)c4ccccc4)CCC3)c3csc(NC(c4ccccc4)(c4ccccc4)c4ccccc4)n3)C(=O)N12. The number of ether oxygens (including phenoxy) is 1. The number of oxime groups is 1. The molecule has 6 aromatic rings. The Kier molecular flexibility index (Phi) is 13.1. The lowest BCUT2D eigenvalue weighted by Gasteiger charge is -2.48. The molecule has 16 heteroatoms. The van der Waals surface area contributed by atoms with Crippen LogP contribution in [0.15, 0.2) is 173 Å². The number of amides is 2. The summed E-state index contributed by atoms with van der Waals surface area (Å²) in [6.45, 7) is 0. The molecule has 2 fully saturated rings. The molecule has 2 aliphatic heterocycles. The minimum absolute atomic E-state index is 0.0593. The van der Waals surface area contributed by atoms with Crippen LogP contribution in [0.2, 0.25) is 0 Å². The number of hydrogen-bond donors (Lipinski definition) is 3. The average molecular weight is 1030 g/mol. The maximum absolute atomic E-state index is 14.6. The van der Waals surface area contributed by atoms with Gasteiger partial charge in [-0.05, 0) is 45.4 Å². The van der Waals surface area contributed by atoms with Crippen molar-refractivity contribution in [2.45, 2.75) is 47.9 Å². The zero-order valence-corrected chi connectivity index (χ0v) is 38.9. The molecule has 3 aliphatic rings. The van der Waals surface area contributed by atoms with Crippen molar-refractivity contribution in [2.75, 3.05) is 15.5 Å². The van der Waals surface area contributed by atoms with Gasteiger partial charge in [-0.25, -0.2) is 14.6 Å². The van der Waals surface area contributed by atoms with Crippen molar-refractivity contribution in [1.29, 1.82) is 0 Å². The second-order valence-electron chi connectivity index (χ2n) is 16.0. The van der Waals surface area contributed by atoms with Crippen LogP contribution in [0.1, 0.15) is 58.9 Å². The number of thiazole rings is 1. The van der Waals surface area contributed by atoms with E-state index in [2.05, 4.69) is 15.8 Å². The fourth-order valence-corrected chi connectivity index (χ4v) is 11.9. The van der Waals surface area contributed by atoms with E-state index >= 15 is 0 Å². The first kappa shape index (κ1) is 44.8. The lowest BCUT2D eigenvalue weighted by molar-refractivity contribution is -0.189. The summed E-state index contributed by atoms with van der Waals surface area (Å²) in [5.41, 5.74) is 1.55. The van der Waals surface area contributed by atoms with Gasteiger partial charge in [0.25, 0.3) is 11.8 Å². The van der Waals surface area contributed by atoms with Crippen LogP contribution in [0, 0.1) is 0 Å². The van der Waals surface area contributed by atoms with Gasteiger partial charge in [0.1, 0.15) is 22.7 Å². The molecule has 1 aliphatic carbocycles. The first-order valence-corrected chi connectivity index (χ1v) is 24.9. The molecule has 66 heavy (non-hydrogen) atoms. The summed E-state index contributed by atoms with van der Waals surface area (Å²) in [5.74, 6) is -3.70. The van der Waals surface area contributed by atoms with Gasteiger partial charge in [0.05, 0.1) is 0 Å². The Labute approximate surface area is 401 Å². The molecule has 9 rings (SSSR count). The Morgan fingerprint density at radius 3 is 1.85 bits per heavy atom. The zero-order chi connectivity index (χ0) is 45.8. The van der Waals surface area contributed by atoms with Crippen molar-refractivity contribution in [3.8, 4) is 0 Å². The summed E-state index contributed by atoms with van der Waals surface area (Å²) in [5, 5.41) is 21.7. The monoisotopic (exact) mass is 1030 g/mol. The second kappa shape index (κ2) is 19.2. The topological polar surface area (TPSA) is 183 Å². The third-order valence-corrected chi connectivity index (χ3v) is 15.3. The van der Waals surface area contributed by atoms with E-state index in [1.54, 1.807) is 5.38 Å². The second-order valence-corrected chi connectivity index (χ2v) is 19.1. The van der Waals surface area contributed by atoms with E-state index in [0.29, 0.717) is 17.1 Å². The van der Waals surface area contributed by atoms with Gasteiger partial charge in [-0.15, -0.1) is 11.3 Å². The molecule has 0 bridgehead atoms. The third kappa shape index (κ3) is 8.49. The zero-order valence-electron chi connectivity index (χ0n) is 35.1. The van der Waals surface area contributed by atoms with Crippen molar-refractivity contribution in [1.82, 2.24) is 15.2 Å². The highest BCUT2D eigenvalue weighted by Crippen LogP contribution is 2.43. The van der Waals surface area contributed by atoms with Crippen LogP contribution in [-0.2, 0) is 45.5 Å². The molecule has 2 amide bonds. The number of benzene rings is 5. The summed E-state index contributed by atoms with van der Waals surface area (Å²) in [6.07, 6.45) is 0.356. The molecule has 3 heterocycles. The highest BCUT2D eigenvalue weighted by atomic mass is 127. The molecule has 1 saturated heterocycles. The van der Waals surface area contributed by atoms with Gasteiger partial charge < -0.3 is 29.9 Å². The number of aromatic nitrogens is 1. The molecule has 0 spiro atoms. The number of nitrogens with zero attached hydrogens (tertiary/aromatic N) is 3. The number of nitrogens with one attached hydrogen (secondary N) is 2. The normalized spacial score (nSPS) is 19.0. The number of carboxylic acids is 1. The summed E-state index contributed by atoms with van der Waals surface area (Å²) in [7, 11) is 0. The quantitative estimate of drug-likeness (QED) is 0.0127. The number of hydrogen-bond acceptors (Lipinski definition) is 11. The summed E-state index contributed by atoms with van der Waals surface area (Å²) >= 11 is 1.46. The molecule has 1 saturated carbocycles. The van der Waals surface area contributed by atoms with Crippen LogP contribution in [0.5, 0.6) is 0 Å². The number of fused-ring (bicyclic) bond motifs is 1. The van der Waals surface area contributed by atoms with Crippen molar-refractivity contribution in [3.05, 3.63) is 202 Å². The number of carboxylic acid groups (broad SMARTS) is 1.